The Kier molecular flexibility index (Phi) is 7.72. The highest BCUT2D eigenvalue weighted by atomic mass is 79.9. The second kappa shape index (κ2) is 9.36. The van der Waals surface area contributed by atoms with Gasteiger partial charge in [0.15, 0.2) is 0 Å². The van der Waals surface area contributed by atoms with Crippen molar-refractivity contribution in [1.29, 1.82) is 0 Å². The van der Waals surface area contributed by atoms with E-state index in [1.54, 1.807) is 0 Å². The molecule has 2 N–H and O–H groups in total. The molecule has 1 aromatic carbocycles. The summed E-state index contributed by atoms with van der Waals surface area (Å²) in [6.07, 6.45) is 2.93. The number of hydrogen-bond acceptors (Lipinski definition) is 3. The first kappa shape index (κ1) is 16.5. The molecule has 0 radical (unpaired) electrons. The van der Waals surface area contributed by atoms with E-state index in [2.05, 4.69) is 31.3 Å². The SMILES string of the molecule is COC(=O)CCCCCNC(=O)Nc1cccc(Br)c1. The zero-order valence-corrected chi connectivity index (χ0v) is 13.0. The smallest absolute Gasteiger partial charge is 0.319 e. The number of carbonyl (C=O) groups excluding carboxylic acids is 2. The molecule has 0 saturated carbocycles. The maximum atomic E-state index is 11.6. The molecule has 0 aliphatic heterocycles. The summed E-state index contributed by atoms with van der Waals surface area (Å²) in [6, 6.07) is 7.17. The Morgan fingerprint density at radius 2 is 2.05 bits per heavy atom. The van der Waals surface area contributed by atoms with Crippen molar-refractivity contribution in [2.24, 2.45) is 0 Å². The predicted octanol–water partition coefficient (Wildman–Crippen LogP) is 3.30. The van der Waals surface area contributed by atoms with Gasteiger partial charge < -0.3 is 15.4 Å². The molecule has 6 heteroatoms. The highest BCUT2D eigenvalue weighted by molar-refractivity contribution is 9.10. The Balaban J connectivity index is 2.10. The molecule has 5 nitrogen and oxygen atoms in total. The lowest BCUT2D eigenvalue weighted by Gasteiger charge is -2.07. The van der Waals surface area contributed by atoms with Gasteiger partial charge in [0.05, 0.1) is 7.11 Å². The number of amides is 2. The monoisotopic (exact) mass is 342 g/mol. The minimum Gasteiger partial charge on any atom is -0.469 e. The van der Waals surface area contributed by atoms with Crippen LogP contribution >= 0.6 is 15.9 Å². The van der Waals surface area contributed by atoms with Crippen molar-refractivity contribution < 1.29 is 14.3 Å². The number of unbranched alkanes of at least 4 members (excludes halogenated alkanes) is 2. The summed E-state index contributed by atoms with van der Waals surface area (Å²) in [6.45, 7) is 0.584. The summed E-state index contributed by atoms with van der Waals surface area (Å²) in [7, 11) is 1.39. The van der Waals surface area contributed by atoms with Crippen molar-refractivity contribution in [1.82, 2.24) is 5.32 Å². The van der Waals surface area contributed by atoms with Crippen LogP contribution in [0.5, 0.6) is 0 Å². The predicted molar refractivity (Wildman–Crippen MR) is 81.6 cm³/mol. The van der Waals surface area contributed by atoms with E-state index in [1.807, 2.05) is 24.3 Å². The molecule has 0 heterocycles. The quantitative estimate of drug-likeness (QED) is 0.590. The zero-order valence-electron chi connectivity index (χ0n) is 11.4. The molecule has 0 aliphatic carbocycles. The van der Waals surface area contributed by atoms with Gasteiger partial charge >= 0.3 is 12.0 Å². The minimum absolute atomic E-state index is 0.189. The van der Waals surface area contributed by atoms with Gasteiger partial charge in [-0.3, -0.25) is 4.79 Å². The molecule has 0 saturated heterocycles. The molecular formula is C14H19BrN2O3. The standard InChI is InChI=1S/C14H19BrN2O3/c1-20-13(18)8-3-2-4-9-16-14(19)17-12-7-5-6-11(15)10-12/h5-7,10H,2-4,8-9H2,1H3,(H2,16,17,19). The number of halogens is 1. The molecule has 110 valence electrons. The number of methoxy groups -OCH3 is 1. The summed E-state index contributed by atoms with van der Waals surface area (Å²) in [5.74, 6) is -0.189. The summed E-state index contributed by atoms with van der Waals surface area (Å²) < 4.78 is 5.46. The van der Waals surface area contributed by atoms with Gasteiger partial charge in [-0.05, 0) is 31.0 Å². The number of ether oxygens (including phenoxy) is 1. The van der Waals surface area contributed by atoms with Crippen molar-refractivity contribution >= 4 is 33.6 Å². The topological polar surface area (TPSA) is 67.4 Å². The second-order valence-corrected chi connectivity index (χ2v) is 5.19. The molecule has 0 aromatic heterocycles. The van der Waals surface area contributed by atoms with E-state index in [9.17, 15) is 9.59 Å². The van der Waals surface area contributed by atoms with Gasteiger partial charge in [0.2, 0.25) is 0 Å². The first-order valence-corrected chi connectivity index (χ1v) is 7.28. The lowest BCUT2D eigenvalue weighted by molar-refractivity contribution is -0.140. The lowest BCUT2D eigenvalue weighted by atomic mass is 10.2. The molecule has 0 atom stereocenters. The maximum absolute atomic E-state index is 11.6. The van der Waals surface area contributed by atoms with E-state index in [-0.39, 0.29) is 12.0 Å². The molecule has 1 aromatic rings. The maximum Gasteiger partial charge on any atom is 0.319 e. The van der Waals surface area contributed by atoms with Gasteiger partial charge in [0, 0.05) is 23.1 Å². The van der Waals surface area contributed by atoms with Gasteiger partial charge in [0.25, 0.3) is 0 Å². The van der Waals surface area contributed by atoms with Gasteiger partial charge in [-0.1, -0.05) is 28.4 Å². The molecule has 0 fully saturated rings. The van der Waals surface area contributed by atoms with Crippen LogP contribution in [0.4, 0.5) is 10.5 Å². The summed E-state index contributed by atoms with van der Waals surface area (Å²) in [5.41, 5.74) is 0.738. The van der Waals surface area contributed by atoms with Crippen molar-refractivity contribution in [3.63, 3.8) is 0 Å². The number of carbonyl (C=O) groups is 2. The van der Waals surface area contributed by atoms with Crippen LogP contribution in [-0.4, -0.2) is 25.7 Å². The summed E-state index contributed by atoms with van der Waals surface area (Å²) in [5, 5.41) is 5.52. The molecule has 0 aliphatic rings. The Morgan fingerprint density at radius 1 is 1.25 bits per heavy atom. The third-order valence-corrected chi connectivity index (χ3v) is 3.15. The van der Waals surface area contributed by atoms with E-state index < -0.39 is 0 Å². The first-order chi connectivity index (χ1) is 9.61. The number of hydrogen-bond donors (Lipinski definition) is 2. The van der Waals surface area contributed by atoms with E-state index in [1.165, 1.54) is 7.11 Å². The Hall–Kier alpha value is -1.56. The van der Waals surface area contributed by atoms with Crippen LogP contribution in [0.15, 0.2) is 28.7 Å². The third-order valence-electron chi connectivity index (χ3n) is 2.65. The van der Waals surface area contributed by atoms with Crippen molar-refractivity contribution in [2.75, 3.05) is 19.0 Å². The first-order valence-electron chi connectivity index (χ1n) is 6.49. The Morgan fingerprint density at radius 3 is 2.75 bits per heavy atom. The largest absolute Gasteiger partial charge is 0.469 e. The van der Waals surface area contributed by atoms with Crippen molar-refractivity contribution in [2.45, 2.75) is 25.7 Å². The van der Waals surface area contributed by atoms with Crippen molar-refractivity contribution in [3.8, 4) is 0 Å². The Labute approximate surface area is 127 Å². The van der Waals surface area contributed by atoms with E-state index >= 15 is 0 Å². The molecule has 20 heavy (non-hydrogen) atoms. The minimum atomic E-state index is -0.226. The van der Waals surface area contributed by atoms with E-state index in [0.29, 0.717) is 13.0 Å². The molecular weight excluding hydrogens is 324 g/mol. The Bertz CT molecular complexity index is 452. The summed E-state index contributed by atoms with van der Waals surface area (Å²) in [4.78, 5) is 22.5. The van der Waals surface area contributed by atoms with E-state index in [4.69, 9.17) is 0 Å². The number of benzene rings is 1. The van der Waals surface area contributed by atoms with Crippen LogP contribution in [0.3, 0.4) is 0 Å². The van der Waals surface area contributed by atoms with Gasteiger partial charge in [0.1, 0.15) is 0 Å². The second-order valence-electron chi connectivity index (χ2n) is 4.28. The fourth-order valence-electron chi connectivity index (χ4n) is 1.62. The normalized spacial score (nSPS) is 9.90. The highest BCUT2D eigenvalue weighted by Crippen LogP contribution is 2.15. The lowest BCUT2D eigenvalue weighted by Crippen LogP contribution is -2.29. The fourth-order valence-corrected chi connectivity index (χ4v) is 2.02. The van der Waals surface area contributed by atoms with E-state index in [0.717, 1.165) is 29.4 Å². The van der Waals surface area contributed by atoms with Crippen LogP contribution in [0.1, 0.15) is 25.7 Å². The number of nitrogens with one attached hydrogen (secondary N) is 2. The molecule has 0 unspecified atom stereocenters. The fraction of sp³-hybridized carbons (Fsp3) is 0.429. The van der Waals surface area contributed by atoms with Crippen LogP contribution in [0.2, 0.25) is 0 Å². The van der Waals surface area contributed by atoms with Gasteiger partial charge in [-0.2, -0.15) is 0 Å². The summed E-state index contributed by atoms with van der Waals surface area (Å²) >= 11 is 3.34. The van der Waals surface area contributed by atoms with Crippen LogP contribution in [-0.2, 0) is 9.53 Å². The van der Waals surface area contributed by atoms with Gasteiger partial charge in [-0.15, -0.1) is 0 Å². The molecule has 0 bridgehead atoms. The zero-order chi connectivity index (χ0) is 14.8. The molecule has 0 spiro atoms. The average molecular weight is 343 g/mol. The number of urea groups is 1. The highest BCUT2D eigenvalue weighted by Gasteiger charge is 2.02. The van der Waals surface area contributed by atoms with Gasteiger partial charge in [-0.25, -0.2) is 4.79 Å². The average Bonchev–Trinajstić information content (AvgIpc) is 2.42. The molecule has 1 rings (SSSR count). The van der Waals surface area contributed by atoms with Crippen LogP contribution in [0, 0.1) is 0 Å². The van der Waals surface area contributed by atoms with Crippen molar-refractivity contribution in [3.05, 3.63) is 28.7 Å². The van der Waals surface area contributed by atoms with Crippen LogP contribution in [0.25, 0.3) is 0 Å². The number of anilines is 1. The third kappa shape index (κ3) is 7.13. The number of esters is 1. The molecule has 2 amide bonds. The number of rotatable bonds is 7. The van der Waals surface area contributed by atoms with Crippen LogP contribution < -0.4 is 10.6 Å².